The molecule has 0 unspecified atom stereocenters. The zero-order valence-corrected chi connectivity index (χ0v) is 12.0. The summed E-state index contributed by atoms with van der Waals surface area (Å²) in [6.45, 7) is 3.33. The molecule has 2 N–H and O–H groups in total. The fourth-order valence-electron chi connectivity index (χ4n) is 1.90. The lowest BCUT2D eigenvalue weighted by molar-refractivity contribution is 0.280. The highest BCUT2D eigenvalue weighted by atomic mass is 32.2. The minimum Gasteiger partial charge on any atom is -0.392 e. The van der Waals surface area contributed by atoms with Crippen LogP contribution in [0.2, 0.25) is 0 Å². The van der Waals surface area contributed by atoms with Gasteiger partial charge in [-0.15, -0.1) is 0 Å². The van der Waals surface area contributed by atoms with Crippen LogP contribution in [-0.4, -0.2) is 23.5 Å². The van der Waals surface area contributed by atoms with Crippen LogP contribution in [-0.2, 0) is 16.6 Å². The van der Waals surface area contributed by atoms with Crippen LogP contribution < -0.4 is 4.72 Å². The molecule has 2 rings (SSSR count). The quantitative estimate of drug-likeness (QED) is 0.888. The van der Waals surface area contributed by atoms with E-state index in [9.17, 15) is 13.5 Å². The van der Waals surface area contributed by atoms with Gasteiger partial charge in [-0.05, 0) is 36.6 Å². The van der Waals surface area contributed by atoms with Crippen molar-refractivity contribution in [1.82, 2.24) is 9.97 Å². The Hall–Kier alpha value is -1.99. The van der Waals surface area contributed by atoms with Crippen molar-refractivity contribution in [3.8, 4) is 0 Å². The van der Waals surface area contributed by atoms with Crippen LogP contribution in [0.5, 0.6) is 0 Å². The highest BCUT2D eigenvalue weighted by Crippen LogP contribution is 2.22. The van der Waals surface area contributed by atoms with Crippen LogP contribution in [0.1, 0.15) is 16.7 Å². The number of sulfonamides is 1. The van der Waals surface area contributed by atoms with Crippen LogP contribution in [0.25, 0.3) is 0 Å². The van der Waals surface area contributed by atoms with Crippen molar-refractivity contribution < 1.29 is 13.5 Å². The zero-order chi connectivity index (χ0) is 14.8. The number of aliphatic hydroxyl groups is 1. The van der Waals surface area contributed by atoms with Gasteiger partial charge in [0.05, 0.1) is 29.6 Å². The van der Waals surface area contributed by atoms with Gasteiger partial charge in [0.25, 0.3) is 10.0 Å². The van der Waals surface area contributed by atoms with E-state index in [-0.39, 0.29) is 17.2 Å². The molecule has 0 bridgehead atoms. The lowest BCUT2D eigenvalue weighted by Gasteiger charge is -2.12. The Morgan fingerprint density at radius 2 is 1.80 bits per heavy atom. The van der Waals surface area contributed by atoms with Crippen LogP contribution in [0.4, 0.5) is 5.69 Å². The first-order valence-electron chi connectivity index (χ1n) is 5.93. The van der Waals surface area contributed by atoms with E-state index in [2.05, 4.69) is 14.7 Å². The normalized spacial score (nSPS) is 11.3. The standard InChI is InChI=1S/C13H15N3O3S/c1-9-3-10(2)13(4-11(9)7-17)20(18,19)16-12-5-14-8-15-6-12/h3-6,8,16-17H,7H2,1-2H3. The first-order chi connectivity index (χ1) is 9.44. The average molecular weight is 293 g/mol. The van der Waals surface area contributed by atoms with Crippen LogP contribution in [0, 0.1) is 13.8 Å². The molecule has 0 spiro atoms. The molecular weight excluding hydrogens is 278 g/mol. The number of aromatic nitrogens is 2. The molecule has 20 heavy (non-hydrogen) atoms. The molecule has 106 valence electrons. The molecule has 0 saturated heterocycles. The van der Waals surface area contributed by atoms with Crippen LogP contribution in [0.15, 0.2) is 35.7 Å². The van der Waals surface area contributed by atoms with Gasteiger partial charge in [0.2, 0.25) is 0 Å². The van der Waals surface area contributed by atoms with Gasteiger partial charge in [-0.3, -0.25) is 4.72 Å². The molecule has 0 aliphatic rings. The van der Waals surface area contributed by atoms with Crippen molar-refractivity contribution in [2.45, 2.75) is 25.3 Å². The van der Waals surface area contributed by atoms with Crippen LogP contribution in [0.3, 0.4) is 0 Å². The summed E-state index contributed by atoms with van der Waals surface area (Å²) in [6.07, 6.45) is 4.07. The molecule has 1 aromatic carbocycles. The molecule has 0 fully saturated rings. The van der Waals surface area contributed by atoms with E-state index in [1.807, 2.05) is 6.92 Å². The first kappa shape index (κ1) is 14.4. The number of anilines is 1. The summed E-state index contributed by atoms with van der Waals surface area (Å²) in [5, 5.41) is 9.25. The predicted molar refractivity (Wildman–Crippen MR) is 74.7 cm³/mol. The third-order valence-corrected chi connectivity index (χ3v) is 4.43. The molecule has 2 aromatic rings. The van der Waals surface area contributed by atoms with Gasteiger partial charge in [-0.1, -0.05) is 6.07 Å². The molecule has 0 amide bonds. The Morgan fingerprint density at radius 1 is 1.15 bits per heavy atom. The Kier molecular flexibility index (Phi) is 4.01. The van der Waals surface area contributed by atoms with E-state index in [4.69, 9.17) is 0 Å². The first-order valence-corrected chi connectivity index (χ1v) is 7.41. The number of rotatable bonds is 4. The molecule has 6 nitrogen and oxygen atoms in total. The number of hydrogen-bond donors (Lipinski definition) is 2. The van der Waals surface area contributed by atoms with E-state index in [1.54, 1.807) is 13.0 Å². The monoisotopic (exact) mass is 293 g/mol. The number of aryl methyl sites for hydroxylation is 2. The van der Waals surface area contributed by atoms with Crippen molar-refractivity contribution in [2.24, 2.45) is 0 Å². The largest absolute Gasteiger partial charge is 0.392 e. The third-order valence-electron chi connectivity index (χ3n) is 2.91. The predicted octanol–water partition coefficient (Wildman–Crippen LogP) is 1.39. The summed E-state index contributed by atoms with van der Waals surface area (Å²) >= 11 is 0. The van der Waals surface area contributed by atoms with Gasteiger partial charge >= 0.3 is 0 Å². The molecule has 1 heterocycles. The van der Waals surface area contributed by atoms with E-state index in [0.29, 0.717) is 11.1 Å². The summed E-state index contributed by atoms with van der Waals surface area (Å²) in [5.74, 6) is 0. The van der Waals surface area contributed by atoms with E-state index in [0.717, 1.165) is 5.56 Å². The molecule has 7 heteroatoms. The van der Waals surface area contributed by atoms with Gasteiger partial charge in [-0.25, -0.2) is 18.4 Å². The van der Waals surface area contributed by atoms with Gasteiger partial charge in [0.15, 0.2) is 0 Å². The van der Waals surface area contributed by atoms with Crippen LogP contribution >= 0.6 is 0 Å². The topological polar surface area (TPSA) is 92.2 Å². The maximum Gasteiger partial charge on any atom is 0.262 e. The molecule has 0 atom stereocenters. The fraction of sp³-hybridized carbons (Fsp3) is 0.231. The Labute approximate surface area is 117 Å². The summed E-state index contributed by atoms with van der Waals surface area (Å²) in [5.41, 5.74) is 2.34. The second-order valence-corrected chi connectivity index (χ2v) is 6.09. The molecular formula is C13H15N3O3S. The Bertz CT molecular complexity index is 715. The zero-order valence-electron chi connectivity index (χ0n) is 11.2. The number of nitrogens with one attached hydrogen (secondary N) is 1. The van der Waals surface area contributed by atoms with E-state index >= 15 is 0 Å². The number of hydrogen-bond acceptors (Lipinski definition) is 5. The molecule has 0 saturated carbocycles. The van der Waals surface area contributed by atoms with Crippen molar-refractivity contribution >= 4 is 15.7 Å². The average Bonchev–Trinajstić information content (AvgIpc) is 2.39. The van der Waals surface area contributed by atoms with Gasteiger partial charge in [-0.2, -0.15) is 0 Å². The number of nitrogens with zero attached hydrogens (tertiary/aromatic N) is 2. The van der Waals surface area contributed by atoms with Crippen molar-refractivity contribution in [2.75, 3.05) is 4.72 Å². The van der Waals surface area contributed by atoms with Crippen molar-refractivity contribution in [3.05, 3.63) is 47.5 Å². The Balaban J connectivity index is 2.44. The molecule has 0 aliphatic carbocycles. The summed E-state index contributed by atoms with van der Waals surface area (Å²) in [6, 6.07) is 3.22. The minimum atomic E-state index is -3.73. The van der Waals surface area contributed by atoms with Crippen molar-refractivity contribution in [1.29, 1.82) is 0 Å². The third kappa shape index (κ3) is 2.94. The maximum absolute atomic E-state index is 12.4. The SMILES string of the molecule is Cc1cc(C)c(S(=O)(=O)Nc2cncnc2)cc1CO. The lowest BCUT2D eigenvalue weighted by atomic mass is 10.1. The second-order valence-electron chi connectivity index (χ2n) is 4.43. The molecule has 1 aromatic heterocycles. The van der Waals surface area contributed by atoms with Gasteiger partial charge in [0, 0.05) is 0 Å². The highest BCUT2D eigenvalue weighted by molar-refractivity contribution is 7.92. The van der Waals surface area contributed by atoms with Gasteiger partial charge < -0.3 is 5.11 Å². The van der Waals surface area contributed by atoms with E-state index in [1.165, 1.54) is 24.8 Å². The number of benzene rings is 1. The van der Waals surface area contributed by atoms with Crippen molar-refractivity contribution in [3.63, 3.8) is 0 Å². The second kappa shape index (κ2) is 5.56. The van der Waals surface area contributed by atoms with Gasteiger partial charge in [0.1, 0.15) is 6.33 Å². The number of aliphatic hydroxyl groups excluding tert-OH is 1. The smallest absolute Gasteiger partial charge is 0.262 e. The maximum atomic E-state index is 12.4. The minimum absolute atomic E-state index is 0.135. The highest BCUT2D eigenvalue weighted by Gasteiger charge is 2.18. The van der Waals surface area contributed by atoms with E-state index < -0.39 is 10.0 Å². The molecule has 0 radical (unpaired) electrons. The lowest BCUT2D eigenvalue weighted by Crippen LogP contribution is -2.15. The summed E-state index contributed by atoms with van der Waals surface area (Å²) in [7, 11) is -3.73. The Morgan fingerprint density at radius 3 is 2.40 bits per heavy atom. The summed E-state index contributed by atoms with van der Waals surface area (Å²) < 4.78 is 27.1. The summed E-state index contributed by atoms with van der Waals surface area (Å²) in [4.78, 5) is 7.64. The fourth-order valence-corrected chi connectivity index (χ4v) is 3.20. The molecule has 0 aliphatic heterocycles.